The van der Waals surface area contributed by atoms with Gasteiger partial charge in [0.05, 0.1) is 12.8 Å². The minimum atomic E-state index is -0.907. The van der Waals surface area contributed by atoms with Crippen LogP contribution in [0.3, 0.4) is 0 Å². The Morgan fingerprint density at radius 2 is 1.67 bits per heavy atom. The number of carbonyl (C=O) groups is 1. The van der Waals surface area contributed by atoms with Crippen LogP contribution >= 0.6 is 0 Å². The highest BCUT2D eigenvalue weighted by atomic mass is 16.5. The van der Waals surface area contributed by atoms with E-state index in [9.17, 15) is 14.4 Å². The van der Waals surface area contributed by atoms with E-state index in [0.717, 1.165) is 13.9 Å². The van der Waals surface area contributed by atoms with Crippen LogP contribution in [0.5, 0.6) is 0 Å². The number of nitrogens with zero attached hydrogens (tertiary/aromatic N) is 3. The fourth-order valence-electron chi connectivity index (χ4n) is 1.95. The Morgan fingerprint density at radius 3 is 2.17 bits per heavy atom. The maximum Gasteiger partial charge on any atom is 0.354 e. The SMILES string of the molecule is COC(=O)C1n2c(=O)n(-c3ccccc3)c(=O)n21. The van der Waals surface area contributed by atoms with E-state index < -0.39 is 23.5 Å². The van der Waals surface area contributed by atoms with E-state index in [0.29, 0.717) is 5.69 Å². The minimum Gasteiger partial charge on any atom is -0.466 e. The normalized spacial score (nSPS) is 13.2. The maximum absolute atomic E-state index is 12.0. The second-order valence-electron chi connectivity index (χ2n) is 3.82. The highest BCUT2D eigenvalue weighted by molar-refractivity contribution is 5.76. The highest BCUT2D eigenvalue weighted by Gasteiger charge is 2.45. The number of hydrogen-bond acceptors (Lipinski definition) is 4. The molecule has 7 heteroatoms. The van der Waals surface area contributed by atoms with Gasteiger partial charge in [-0.2, -0.15) is 9.36 Å². The lowest BCUT2D eigenvalue weighted by Gasteiger charge is -2.00. The lowest BCUT2D eigenvalue weighted by molar-refractivity contribution is -0.142. The van der Waals surface area contributed by atoms with Gasteiger partial charge in [0.1, 0.15) is 0 Å². The summed E-state index contributed by atoms with van der Waals surface area (Å²) < 4.78 is 7.66. The molecule has 0 N–H and O–H groups in total. The van der Waals surface area contributed by atoms with E-state index in [1.165, 1.54) is 7.11 Å². The number of methoxy groups -OCH3 is 1. The van der Waals surface area contributed by atoms with Gasteiger partial charge < -0.3 is 4.74 Å². The van der Waals surface area contributed by atoms with E-state index in [-0.39, 0.29) is 0 Å². The highest BCUT2D eigenvalue weighted by Crippen LogP contribution is 2.20. The van der Waals surface area contributed by atoms with Gasteiger partial charge in [-0.25, -0.2) is 19.0 Å². The second-order valence-corrected chi connectivity index (χ2v) is 3.82. The van der Waals surface area contributed by atoms with E-state index in [2.05, 4.69) is 4.74 Å². The number of rotatable bonds is 2. The van der Waals surface area contributed by atoms with Crippen molar-refractivity contribution in [3.8, 4) is 5.69 Å². The first-order valence-electron chi connectivity index (χ1n) is 5.26. The quantitative estimate of drug-likeness (QED) is 0.660. The van der Waals surface area contributed by atoms with Gasteiger partial charge in [-0.3, -0.25) is 0 Å². The molecule has 0 saturated heterocycles. The molecule has 0 fully saturated rings. The molecule has 0 unspecified atom stereocenters. The standard InChI is InChI=1S/C11H9N3O4/c1-18-9(15)8-13-10(16)12(11(17)14(8)13)7-5-3-2-4-6-7/h2-6,8H,1H3. The molecule has 0 saturated carbocycles. The van der Waals surface area contributed by atoms with Crippen LogP contribution in [0.1, 0.15) is 6.17 Å². The molecule has 92 valence electrons. The van der Waals surface area contributed by atoms with Crippen molar-refractivity contribution in [3.63, 3.8) is 0 Å². The number of ether oxygens (including phenoxy) is 1. The third kappa shape index (κ3) is 1.21. The molecule has 2 aromatic rings. The molecule has 0 bridgehead atoms. The Kier molecular flexibility index (Phi) is 2.03. The molecule has 1 aromatic carbocycles. The fourth-order valence-corrected chi connectivity index (χ4v) is 1.95. The van der Waals surface area contributed by atoms with Crippen molar-refractivity contribution in [1.29, 1.82) is 0 Å². The van der Waals surface area contributed by atoms with Gasteiger partial charge in [-0.1, -0.05) is 18.2 Å². The van der Waals surface area contributed by atoms with Gasteiger partial charge in [0.2, 0.25) is 6.17 Å². The summed E-state index contributed by atoms with van der Waals surface area (Å²) in [5.74, 6) is -0.621. The first kappa shape index (κ1) is 10.6. The van der Waals surface area contributed by atoms with Crippen LogP contribution in [0.25, 0.3) is 5.69 Å². The van der Waals surface area contributed by atoms with Crippen LogP contribution in [-0.2, 0) is 9.53 Å². The lowest BCUT2D eigenvalue weighted by Crippen LogP contribution is -2.32. The lowest BCUT2D eigenvalue weighted by atomic mass is 10.3. The number of hydrogen-bond donors (Lipinski definition) is 0. The van der Waals surface area contributed by atoms with Gasteiger partial charge in [0.25, 0.3) is 0 Å². The molecule has 18 heavy (non-hydrogen) atoms. The van der Waals surface area contributed by atoms with Crippen LogP contribution in [0.4, 0.5) is 0 Å². The molecule has 1 aliphatic rings. The molecular formula is C11H9N3O4. The van der Waals surface area contributed by atoms with Gasteiger partial charge in [0.15, 0.2) is 0 Å². The fraction of sp³-hybridized carbons (Fsp3) is 0.182. The minimum absolute atomic E-state index is 0.475. The number of benzene rings is 1. The average Bonchev–Trinajstić information content (AvgIpc) is 3.08. The summed E-state index contributed by atoms with van der Waals surface area (Å²) in [6, 6.07) is 8.53. The molecular weight excluding hydrogens is 238 g/mol. The number of para-hydroxylation sites is 1. The van der Waals surface area contributed by atoms with Gasteiger partial charge in [0, 0.05) is 0 Å². The van der Waals surface area contributed by atoms with Crippen LogP contribution < -0.4 is 11.4 Å². The third-order valence-corrected chi connectivity index (χ3v) is 2.84. The molecule has 0 amide bonds. The van der Waals surface area contributed by atoms with Crippen LogP contribution in [0, 0.1) is 0 Å². The zero-order chi connectivity index (χ0) is 12.9. The van der Waals surface area contributed by atoms with E-state index in [1.807, 2.05) is 0 Å². The van der Waals surface area contributed by atoms with Crippen LogP contribution in [0.2, 0.25) is 0 Å². The smallest absolute Gasteiger partial charge is 0.354 e. The van der Waals surface area contributed by atoms with Crippen molar-refractivity contribution in [2.45, 2.75) is 6.17 Å². The molecule has 7 nitrogen and oxygen atoms in total. The Morgan fingerprint density at radius 1 is 1.11 bits per heavy atom. The van der Waals surface area contributed by atoms with Crippen molar-refractivity contribution in [1.82, 2.24) is 13.9 Å². The predicted molar refractivity (Wildman–Crippen MR) is 60.7 cm³/mol. The topological polar surface area (TPSA) is 75.2 Å². The predicted octanol–water partition coefficient (Wildman–Crippen LogP) is -0.666. The van der Waals surface area contributed by atoms with Crippen molar-refractivity contribution in [3.05, 3.63) is 51.3 Å². The summed E-state index contributed by atoms with van der Waals surface area (Å²) in [5.41, 5.74) is -0.605. The van der Waals surface area contributed by atoms with Crippen molar-refractivity contribution in [2.75, 3.05) is 7.11 Å². The van der Waals surface area contributed by atoms with Crippen molar-refractivity contribution < 1.29 is 9.53 Å². The first-order valence-corrected chi connectivity index (χ1v) is 5.26. The summed E-state index contributed by atoms with van der Waals surface area (Å²) >= 11 is 0. The zero-order valence-electron chi connectivity index (χ0n) is 9.44. The molecule has 0 aliphatic carbocycles. The first-order chi connectivity index (χ1) is 8.66. The Balaban J connectivity index is 2.13. The summed E-state index contributed by atoms with van der Waals surface area (Å²) in [6.45, 7) is 0. The number of fused-ring (bicyclic) bond motifs is 1. The Hall–Kier alpha value is -2.57. The maximum atomic E-state index is 12.0. The van der Waals surface area contributed by atoms with E-state index in [1.54, 1.807) is 30.3 Å². The molecule has 0 atom stereocenters. The average molecular weight is 247 g/mol. The van der Waals surface area contributed by atoms with Gasteiger partial charge in [-0.15, -0.1) is 0 Å². The monoisotopic (exact) mass is 247 g/mol. The van der Waals surface area contributed by atoms with Crippen LogP contribution in [0.15, 0.2) is 39.9 Å². The largest absolute Gasteiger partial charge is 0.466 e. The number of carbonyl (C=O) groups excluding carboxylic acids is 1. The van der Waals surface area contributed by atoms with E-state index >= 15 is 0 Å². The molecule has 1 aromatic heterocycles. The third-order valence-electron chi connectivity index (χ3n) is 2.84. The summed E-state index contributed by atoms with van der Waals surface area (Å²) in [4.78, 5) is 35.2. The zero-order valence-corrected chi connectivity index (χ0v) is 9.44. The summed E-state index contributed by atoms with van der Waals surface area (Å²) in [6.07, 6.45) is -0.907. The van der Waals surface area contributed by atoms with Gasteiger partial charge in [-0.05, 0) is 12.1 Å². The van der Waals surface area contributed by atoms with Gasteiger partial charge >= 0.3 is 17.3 Å². The molecule has 0 radical (unpaired) electrons. The molecule has 2 heterocycles. The van der Waals surface area contributed by atoms with E-state index in [4.69, 9.17) is 0 Å². The Labute approximate surface area is 100 Å². The Bertz CT molecular complexity index is 702. The van der Waals surface area contributed by atoms with Crippen molar-refractivity contribution in [2.24, 2.45) is 0 Å². The van der Waals surface area contributed by atoms with Crippen LogP contribution in [-0.4, -0.2) is 27.0 Å². The molecule has 3 rings (SSSR count). The molecule has 0 spiro atoms. The number of aromatic nitrogens is 3. The summed E-state index contributed by atoms with van der Waals surface area (Å²) in [5, 5.41) is 0. The van der Waals surface area contributed by atoms with Crippen molar-refractivity contribution >= 4 is 5.97 Å². The number of esters is 1. The summed E-state index contributed by atoms with van der Waals surface area (Å²) in [7, 11) is 1.21. The molecule has 1 aliphatic heterocycles. The second kappa shape index (κ2) is 3.46.